The van der Waals surface area contributed by atoms with Gasteiger partial charge in [0.25, 0.3) is 10.0 Å². The molecule has 1 aliphatic carbocycles. The van der Waals surface area contributed by atoms with Crippen LogP contribution in [0.1, 0.15) is 25.0 Å². The highest BCUT2D eigenvalue weighted by Gasteiger charge is 2.23. The number of carbonyl (C=O) groups excluding carboxylic acids is 1. The monoisotopic (exact) mass is 351 g/mol. The summed E-state index contributed by atoms with van der Waals surface area (Å²) in [5.74, 6) is 0.0203. The maximum atomic E-state index is 12.2. The van der Waals surface area contributed by atoms with Crippen LogP contribution in [0.25, 0.3) is 0 Å². The molecule has 0 atom stereocenters. The Balaban J connectivity index is 1.57. The first-order chi connectivity index (χ1) is 11.0. The van der Waals surface area contributed by atoms with Crippen molar-refractivity contribution in [3.8, 4) is 0 Å². The van der Waals surface area contributed by atoms with Crippen molar-refractivity contribution in [1.29, 1.82) is 0 Å². The molecule has 0 unspecified atom stereocenters. The molecule has 1 fully saturated rings. The van der Waals surface area contributed by atoms with Crippen LogP contribution in [0.2, 0.25) is 0 Å². The van der Waals surface area contributed by atoms with Crippen LogP contribution < -0.4 is 10.0 Å². The van der Waals surface area contributed by atoms with Crippen molar-refractivity contribution in [2.24, 2.45) is 0 Å². The van der Waals surface area contributed by atoms with Crippen molar-refractivity contribution in [2.75, 3.05) is 4.72 Å². The Morgan fingerprint density at radius 1 is 1.26 bits per heavy atom. The van der Waals surface area contributed by atoms with Crippen LogP contribution in [0.4, 0.5) is 5.13 Å². The number of aryl methyl sites for hydroxylation is 1. The number of hydrogen-bond acceptors (Lipinski definition) is 5. The number of amides is 1. The minimum Gasteiger partial charge on any atom is -0.353 e. The average Bonchev–Trinajstić information content (AvgIpc) is 3.23. The molecule has 1 heterocycles. The van der Waals surface area contributed by atoms with Gasteiger partial charge in [-0.25, -0.2) is 13.4 Å². The largest absolute Gasteiger partial charge is 0.353 e. The molecule has 0 saturated heterocycles. The van der Waals surface area contributed by atoms with E-state index in [4.69, 9.17) is 0 Å². The van der Waals surface area contributed by atoms with E-state index in [0.717, 1.165) is 12.8 Å². The summed E-state index contributed by atoms with van der Waals surface area (Å²) in [5, 5.41) is 5.00. The maximum absolute atomic E-state index is 12.2. The molecule has 1 aromatic carbocycles. The van der Waals surface area contributed by atoms with Gasteiger partial charge in [-0.15, -0.1) is 11.3 Å². The van der Waals surface area contributed by atoms with Crippen LogP contribution in [0.5, 0.6) is 0 Å². The van der Waals surface area contributed by atoms with E-state index in [9.17, 15) is 13.2 Å². The predicted octanol–water partition coefficient (Wildman–Crippen LogP) is 2.16. The smallest absolute Gasteiger partial charge is 0.263 e. The van der Waals surface area contributed by atoms with Crippen LogP contribution in [-0.4, -0.2) is 25.4 Å². The summed E-state index contributed by atoms with van der Waals surface area (Å²) < 4.78 is 26.9. The lowest BCUT2D eigenvalue weighted by molar-refractivity contribution is -0.121. The summed E-state index contributed by atoms with van der Waals surface area (Å²) in [4.78, 5) is 16.1. The van der Waals surface area contributed by atoms with Crippen molar-refractivity contribution >= 4 is 32.4 Å². The fourth-order valence-corrected chi connectivity index (χ4v) is 4.03. The highest BCUT2D eigenvalue weighted by Crippen LogP contribution is 2.21. The van der Waals surface area contributed by atoms with E-state index in [-0.39, 0.29) is 10.8 Å². The van der Waals surface area contributed by atoms with Crippen molar-refractivity contribution in [3.63, 3.8) is 0 Å². The zero-order valence-corrected chi connectivity index (χ0v) is 14.0. The van der Waals surface area contributed by atoms with Crippen LogP contribution in [0.3, 0.4) is 0 Å². The van der Waals surface area contributed by atoms with E-state index in [1.54, 1.807) is 23.6 Å². The van der Waals surface area contributed by atoms with Gasteiger partial charge in [0.05, 0.1) is 10.6 Å². The van der Waals surface area contributed by atoms with Crippen molar-refractivity contribution in [2.45, 2.75) is 36.6 Å². The summed E-state index contributed by atoms with van der Waals surface area (Å²) in [7, 11) is -3.62. The van der Waals surface area contributed by atoms with Gasteiger partial charge >= 0.3 is 0 Å². The lowest BCUT2D eigenvalue weighted by Gasteiger charge is -2.04. The fourth-order valence-electron chi connectivity index (χ4n) is 2.01. The molecule has 0 bridgehead atoms. The number of carbonyl (C=O) groups is 1. The van der Waals surface area contributed by atoms with Gasteiger partial charge in [-0.3, -0.25) is 9.52 Å². The number of sulfonamides is 1. The first-order valence-corrected chi connectivity index (χ1v) is 9.71. The second-order valence-electron chi connectivity index (χ2n) is 5.40. The van der Waals surface area contributed by atoms with Crippen molar-refractivity contribution < 1.29 is 13.2 Å². The standard InChI is InChI=1S/C15H17N3O3S2/c19-14(16-11-6-7-11)9-8-12-10-22-15(17-12)18-23(20,21)13-4-2-1-3-5-13/h1-5,10-11H,6-9H2,(H,16,19)(H,17,18). The second-order valence-corrected chi connectivity index (χ2v) is 7.94. The zero-order chi connectivity index (χ0) is 16.3. The lowest BCUT2D eigenvalue weighted by Crippen LogP contribution is -2.25. The molecular weight excluding hydrogens is 334 g/mol. The average molecular weight is 351 g/mol. The third kappa shape index (κ3) is 4.52. The summed E-state index contributed by atoms with van der Waals surface area (Å²) in [6, 6.07) is 8.50. The quantitative estimate of drug-likeness (QED) is 0.800. The van der Waals surface area contributed by atoms with Crippen LogP contribution in [0.15, 0.2) is 40.6 Å². The van der Waals surface area contributed by atoms with Crippen molar-refractivity contribution in [3.05, 3.63) is 41.4 Å². The Morgan fingerprint density at radius 3 is 2.70 bits per heavy atom. The lowest BCUT2D eigenvalue weighted by atomic mass is 10.2. The molecule has 6 nitrogen and oxygen atoms in total. The molecule has 2 N–H and O–H groups in total. The van der Waals surface area contributed by atoms with Crippen LogP contribution in [-0.2, 0) is 21.2 Å². The molecule has 1 aromatic heterocycles. The molecule has 1 saturated carbocycles. The first-order valence-electron chi connectivity index (χ1n) is 7.34. The Morgan fingerprint density at radius 2 is 2.00 bits per heavy atom. The number of aromatic nitrogens is 1. The molecule has 0 radical (unpaired) electrons. The van der Waals surface area contributed by atoms with Crippen LogP contribution >= 0.6 is 11.3 Å². The summed E-state index contributed by atoms with van der Waals surface area (Å²) in [6.07, 6.45) is 2.99. The van der Waals surface area contributed by atoms with E-state index in [1.165, 1.54) is 23.5 Å². The predicted molar refractivity (Wildman–Crippen MR) is 88.9 cm³/mol. The van der Waals surface area contributed by atoms with Gasteiger partial charge in [0.2, 0.25) is 5.91 Å². The number of anilines is 1. The van der Waals surface area contributed by atoms with Gasteiger partial charge in [0, 0.05) is 17.8 Å². The highest BCUT2D eigenvalue weighted by atomic mass is 32.2. The molecule has 8 heteroatoms. The Kier molecular flexibility index (Phi) is 4.63. The van der Waals surface area contributed by atoms with Gasteiger partial charge in [-0.2, -0.15) is 0 Å². The van der Waals surface area contributed by atoms with Crippen LogP contribution in [0, 0.1) is 0 Å². The summed E-state index contributed by atoms with van der Waals surface area (Å²) >= 11 is 1.22. The molecule has 1 aliphatic rings. The minimum atomic E-state index is -3.62. The van der Waals surface area contributed by atoms with Crippen molar-refractivity contribution in [1.82, 2.24) is 10.3 Å². The molecular formula is C15H17N3O3S2. The third-order valence-electron chi connectivity index (χ3n) is 3.38. The molecule has 0 spiro atoms. The molecule has 122 valence electrons. The maximum Gasteiger partial charge on any atom is 0.263 e. The topological polar surface area (TPSA) is 88.2 Å². The number of hydrogen-bond donors (Lipinski definition) is 2. The Hall–Kier alpha value is -1.93. The van der Waals surface area contributed by atoms with E-state index in [1.807, 2.05) is 0 Å². The number of benzene rings is 1. The second kappa shape index (κ2) is 6.67. The van der Waals surface area contributed by atoms with E-state index < -0.39 is 10.0 Å². The Bertz CT molecular complexity index is 783. The molecule has 3 rings (SSSR count). The Labute approximate surface area is 139 Å². The van der Waals surface area contributed by atoms with E-state index >= 15 is 0 Å². The fraction of sp³-hybridized carbons (Fsp3) is 0.333. The van der Waals surface area contributed by atoms with Gasteiger partial charge < -0.3 is 5.32 Å². The minimum absolute atomic E-state index is 0.0203. The summed E-state index contributed by atoms with van der Waals surface area (Å²) in [6.45, 7) is 0. The molecule has 0 aliphatic heterocycles. The number of rotatable bonds is 7. The highest BCUT2D eigenvalue weighted by molar-refractivity contribution is 7.93. The SMILES string of the molecule is O=C(CCc1csc(NS(=O)(=O)c2ccccc2)n1)NC1CC1. The van der Waals surface area contributed by atoms with Gasteiger partial charge in [0.15, 0.2) is 5.13 Å². The first kappa shape index (κ1) is 15.9. The normalized spacial score (nSPS) is 14.4. The van der Waals surface area contributed by atoms with Gasteiger partial charge in [-0.05, 0) is 31.4 Å². The van der Waals surface area contributed by atoms with Gasteiger partial charge in [-0.1, -0.05) is 18.2 Å². The molecule has 2 aromatic rings. The molecule has 1 amide bonds. The third-order valence-corrected chi connectivity index (χ3v) is 5.67. The van der Waals surface area contributed by atoms with Gasteiger partial charge in [0.1, 0.15) is 0 Å². The number of thiazole rings is 1. The number of nitrogens with zero attached hydrogens (tertiary/aromatic N) is 1. The zero-order valence-electron chi connectivity index (χ0n) is 12.4. The summed E-state index contributed by atoms with van der Waals surface area (Å²) in [5.41, 5.74) is 0.715. The van der Waals surface area contributed by atoms with E-state index in [0.29, 0.717) is 29.7 Å². The number of nitrogens with one attached hydrogen (secondary N) is 2. The molecule has 23 heavy (non-hydrogen) atoms. The van der Waals surface area contributed by atoms with E-state index in [2.05, 4.69) is 15.0 Å².